The van der Waals surface area contributed by atoms with E-state index in [2.05, 4.69) is 99.0 Å². The Hall–Kier alpha value is -2.25. The molecule has 0 bridgehead atoms. The van der Waals surface area contributed by atoms with E-state index < -0.39 is 18.4 Å². The van der Waals surface area contributed by atoms with Gasteiger partial charge in [0.05, 0.1) is 44.1 Å². The molecule has 0 radical (unpaired) electrons. The Bertz CT molecular complexity index is 2180. The van der Waals surface area contributed by atoms with Crippen molar-refractivity contribution in [3.8, 4) is 11.3 Å². The molecule has 394 valence electrons. The van der Waals surface area contributed by atoms with E-state index in [0.717, 1.165) is 66.6 Å². The van der Waals surface area contributed by atoms with Gasteiger partial charge >= 0.3 is 135 Å². The van der Waals surface area contributed by atoms with Crippen LogP contribution in [0.3, 0.4) is 0 Å². The Balaban J connectivity index is 0.000000285. The zero-order valence-electron chi connectivity index (χ0n) is 42.9. The van der Waals surface area contributed by atoms with Gasteiger partial charge < -0.3 is 30.2 Å². The molecule has 0 saturated carbocycles. The van der Waals surface area contributed by atoms with E-state index in [-0.39, 0.29) is 43.7 Å². The number of carbonyl (C=O) groups excluding carboxylic acids is 2. The number of aromatic nitrogens is 4. The molecule has 71 heavy (non-hydrogen) atoms. The molecule has 6 rings (SSSR count). The molecule has 2 aromatic carbocycles. The van der Waals surface area contributed by atoms with Gasteiger partial charge in [-0.1, -0.05) is 72.0 Å². The van der Waals surface area contributed by atoms with Crippen LogP contribution in [0.1, 0.15) is 129 Å². The van der Waals surface area contributed by atoms with E-state index in [1.807, 2.05) is 69.5 Å². The third-order valence-corrected chi connectivity index (χ3v) is 31.9. The van der Waals surface area contributed by atoms with Crippen LogP contribution in [-0.2, 0) is 0 Å². The first-order valence-electron chi connectivity index (χ1n) is 25.1. The van der Waals surface area contributed by atoms with Crippen LogP contribution < -0.4 is 14.3 Å². The fourth-order valence-corrected chi connectivity index (χ4v) is 26.0. The standard InChI is InChI=1S/C20H25Cl2N5O.C16H22Cl2IN3O.C4H3N2.3C4H9.CH4.Sn/c1-13(25-20(28)27(3)14-6-10-26(2)11-7-14)15-4-5-16(19(22)18(15)21)17-12-23-8-9-24-17;1-10(12-4-5-13(19)15(18)14(12)17)20-16(23)22(3)11-6-8-21(2)9-7-11;1-2-6-4-3-5-1;3*1-3-4-2;;/h4-5,8-9,12-14H,6-7,10-11H2,1-3H3,(H,25,28);4-5,10-11H,6-9H2,1-3H3,(H,20,23);1-3H;3*1,3-4H2,2H3;1H4;. The van der Waals surface area contributed by atoms with Crippen molar-refractivity contribution in [3.05, 3.63) is 96.2 Å². The molecule has 2 saturated heterocycles. The second-order valence-electron chi connectivity index (χ2n) is 19.0. The molecule has 4 heterocycles. The first-order chi connectivity index (χ1) is 33.5. The number of nitrogens with one attached hydrogen (secondary N) is 2. The van der Waals surface area contributed by atoms with Crippen molar-refractivity contribution in [1.82, 2.24) is 50.2 Å². The molecule has 2 aliphatic heterocycles. The summed E-state index contributed by atoms with van der Waals surface area (Å²) in [4.78, 5) is 50.8. The van der Waals surface area contributed by atoms with Crippen LogP contribution in [-0.4, -0.2) is 136 Å². The summed E-state index contributed by atoms with van der Waals surface area (Å²) < 4.78 is 6.77. The second kappa shape index (κ2) is 32.2. The molecule has 2 unspecified atom stereocenters. The number of benzene rings is 2. The van der Waals surface area contributed by atoms with Crippen LogP contribution >= 0.6 is 69.0 Å². The van der Waals surface area contributed by atoms with E-state index in [1.54, 1.807) is 23.5 Å². The molecule has 0 spiro atoms. The van der Waals surface area contributed by atoms with Crippen molar-refractivity contribution in [2.75, 3.05) is 54.4 Å². The van der Waals surface area contributed by atoms with Crippen LogP contribution in [0.4, 0.5) is 9.59 Å². The zero-order chi connectivity index (χ0) is 51.4. The SMILES string of the molecule is C.CC(NC(=O)N(C)C1CCN(C)CC1)c1ccc(-c2cnccn2)c(Cl)c1Cl.CC(NC(=O)N(C)C1CCN(C)CC1)c1ccc(I)c(Cl)c1Cl.CCC[CH2][Sn]([CH2]CCC)([CH2]CCC)[c]1cnccn1. The number of carbonyl (C=O) groups is 2. The molecule has 0 aliphatic carbocycles. The Kier molecular flexibility index (Phi) is 28.6. The molecular weight excluding hydrogens is 1200 g/mol. The summed E-state index contributed by atoms with van der Waals surface area (Å²) in [6.07, 6.45) is 22.8. The van der Waals surface area contributed by atoms with Gasteiger partial charge in [0.1, 0.15) is 0 Å². The number of halogens is 5. The van der Waals surface area contributed by atoms with Crippen LogP contribution in [0.15, 0.2) is 61.4 Å². The van der Waals surface area contributed by atoms with Crippen molar-refractivity contribution >= 4 is 103 Å². The molecule has 2 atom stereocenters. The normalized spacial score (nSPS) is 15.5. The van der Waals surface area contributed by atoms with Gasteiger partial charge in [-0.2, -0.15) is 0 Å². The number of hydrogen-bond acceptors (Lipinski definition) is 8. The van der Waals surface area contributed by atoms with Crippen LogP contribution in [0.2, 0.25) is 33.4 Å². The summed E-state index contributed by atoms with van der Waals surface area (Å²) in [5, 5.41) is 7.92. The van der Waals surface area contributed by atoms with E-state index >= 15 is 0 Å². The van der Waals surface area contributed by atoms with Crippen molar-refractivity contribution in [2.24, 2.45) is 0 Å². The maximum atomic E-state index is 12.7. The average Bonchev–Trinajstić information content (AvgIpc) is 3.37. The van der Waals surface area contributed by atoms with E-state index in [1.165, 1.54) is 55.5 Å². The Morgan fingerprint density at radius 2 is 1.08 bits per heavy atom. The van der Waals surface area contributed by atoms with Gasteiger partial charge in [-0.3, -0.25) is 9.97 Å². The van der Waals surface area contributed by atoms with Crippen LogP contribution in [0, 0.1) is 3.57 Å². The summed E-state index contributed by atoms with van der Waals surface area (Å²) in [7, 11) is 7.93. The molecule has 2 aromatic heterocycles. The summed E-state index contributed by atoms with van der Waals surface area (Å²) in [5.74, 6) is 0. The van der Waals surface area contributed by atoms with Crippen molar-refractivity contribution < 1.29 is 9.59 Å². The number of likely N-dealkylation sites (tertiary alicyclic amines) is 2. The summed E-state index contributed by atoms with van der Waals surface area (Å²) in [6, 6.07) is 7.45. The summed E-state index contributed by atoms with van der Waals surface area (Å²) in [5.41, 5.74) is 2.97. The monoisotopic (exact) mass is 1280 g/mol. The number of nitrogens with zero attached hydrogens (tertiary/aromatic N) is 8. The summed E-state index contributed by atoms with van der Waals surface area (Å²) >= 11 is 25.4. The minimum absolute atomic E-state index is 0. The van der Waals surface area contributed by atoms with Gasteiger partial charge in [-0.25, -0.2) is 9.59 Å². The van der Waals surface area contributed by atoms with Gasteiger partial charge in [0, 0.05) is 47.7 Å². The molecule has 12 nitrogen and oxygen atoms in total. The van der Waals surface area contributed by atoms with Gasteiger partial charge in [0.2, 0.25) is 0 Å². The second-order valence-corrected chi connectivity index (χ2v) is 34.7. The quantitative estimate of drug-likeness (QED) is 0.0609. The number of piperidine rings is 2. The number of unbranched alkanes of at least 4 members (excludes halogenated alkanes) is 3. The third-order valence-electron chi connectivity index (χ3n) is 13.9. The van der Waals surface area contributed by atoms with Crippen molar-refractivity contribution in [1.29, 1.82) is 0 Å². The van der Waals surface area contributed by atoms with E-state index in [4.69, 9.17) is 51.4 Å². The predicted molar refractivity (Wildman–Crippen MR) is 310 cm³/mol. The molecule has 2 aliphatic rings. The Morgan fingerprint density at radius 3 is 1.49 bits per heavy atom. The Labute approximate surface area is 464 Å². The van der Waals surface area contributed by atoms with Gasteiger partial charge in [0.15, 0.2) is 0 Å². The fraction of sp³-hybridized carbons (Fsp3) is 0.585. The molecule has 18 heteroatoms. The topological polar surface area (TPSA) is 123 Å². The van der Waals surface area contributed by atoms with Crippen molar-refractivity contribution in [2.45, 2.75) is 144 Å². The number of urea groups is 2. The molecule has 4 aromatic rings. The zero-order valence-corrected chi connectivity index (χ0v) is 50.9. The van der Waals surface area contributed by atoms with Crippen molar-refractivity contribution in [3.63, 3.8) is 0 Å². The average molecular weight is 1280 g/mol. The first kappa shape index (κ1) is 63.0. The molecular formula is C53H81Cl4IN10O2Sn. The third kappa shape index (κ3) is 18.8. The fourth-order valence-electron chi connectivity index (χ4n) is 9.11. The molecule has 4 amide bonds. The van der Waals surface area contributed by atoms with Gasteiger partial charge in [-0.15, -0.1) is 0 Å². The predicted octanol–water partition coefficient (Wildman–Crippen LogP) is 13.8. The number of rotatable bonds is 17. The maximum absolute atomic E-state index is 12.7. The van der Waals surface area contributed by atoms with Gasteiger partial charge in [0.25, 0.3) is 0 Å². The van der Waals surface area contributed by atoms with E-state index in [0.29, 0.717) is 31.3 Å². The van der Waals surface area contributed by atoms with Crippen LogP contribution in [0.5, 0.6) is 0 Å². The Morgan fingerprint density at radius 1 is 0.662 bits per heavy atom. The number of amides is 4. The molecule has 2 fully saturated rings. The minimum atomic E-state index is -2.27. The first-order valence-corrected chi connectivity index (χ1v) is 35.1. The summed E-state index contributed by atoms with van der Waals surface area (Å²) in [6.45, 7) is 14.8. The van der Waals surface area contributed by atoms with E-state index in [9.17, 15) is 9.59 Å². The molecule has 2 N–H and O–H groups in total. The van der Waals surface area contributed by atoms with Crippen LogP contribution in [0.25, 0.3) is 11.3 Å². The van der Waals surface area contributed by atoms with Gasteiger partial charge in [-0.05, 0) is 120 Å². The number of hydrogen-bond donors (Lipinski definition) is 2.